The molecule has 0 saturated heterocycles. The Morgan fingerprint density at radius 2 is 1.63 bits per heavy atom. The van der Waals surface area contributed by atoms with Crippen LogP contribution in [0.15, 0.2) is 52.3 Å². The van der Waals surface area contributed by atoms with E-state index in [1.54, 1.807) is 19.9 Å². The van der Waals surface area contributed by atoms with Crippen molar-refractivity contribution in [2.75, 3.05) is 25.0 Å². The molecular weight excluding hydrogens is 430 g/mol. The van der Waals surface area contributed by atoms with E-state index in [0.717, 1.165) is 4.31 Å². The first kappa shape index (κ1) is 23.8. The van der Waals surface area contributed by atoms with Gasteiger partial charge in [0.15, 0.2) is 0 Å². The molecule has 9 nitrogen and oxygen atoms in total. The van der Waals surface area contributed by atoms with Crippen LogP contribution in [-0.2, 0) is 24.8 Å². The lowest BCUT2D eigenvalue weighted by molar-refractivity contribution is -0.116. The van der Waals surface area contributed by atoms with Gasteiger partial charge in [-0.2, -0.15) is 4.31 Å². The fourth-order valence-corrected chi connectivity index (χ4v) is 4.71. The summed E-state index contributed by atoms with van der Waals surface area (Å²) in [5.41, 5.74) is 0.992. The van der Waals surface area contributed by atoms with Crippen molar-refractivity contribution in [2.24, 2.45) is 5.14 Å². The van der Waals surface area contributed by atoms with Crippen molar-refractivity contribution in [3.63, 3.8) is 0 Å². The zero-order valence-corrected chi connectivity index (χ0v) is 18.6. The normalized spacial score (nSPS) is 12.0. The zero-order chi connectivity index (χ0) is 22.5. The lowest BCUT2D eigenvalue weighted by Crippen LogP contribution is -2.37. The number of ether oxygens (including phenoxy) is 1. The molecule has 0 unspecified atom stereocenters. The van der Waals surface area contributed by atoms with E-state index in [2.05, 4.69) is 5.32 Å². The monoisotopic (exact) mass is 455 g/mol. The van der Waals surface area contributed by atoms with Gasteiger partial charge in [0.25, 0.3) is 0 Å². The number of nitrogens with two attached hydrogens (primary N) is 1. The summed E-state index contributed by atoms with van der Waals surface area (Å²) >= 11 is 0. The Morgan fingerprint density at radius 3 is 2.13 bits per heavy atom. The molecule has 0 heterocycles. The van der Waals surface area contributed by atoms with E-state index >= 15 is 0 Å². The molecule has 0 aliphatic heterocycles. The Kier molecular flexibility index (Phi) is 7.59. The number of rotatable bonds is 9. The molecule has 0 atom stereocenters. The molecule has 30 heavy (non-hydrogen) atoms. The number of aryl methyl sites for hydroxylation is 1. The first-order valence-corrected chi connectivity index (χ1v) is 12.1. The molecule has 0 fully saturated rings. The van der Waals surface area contributed by atoms with E-state index in [1.807, 2.05) is 6.92 Å². The van der Waals surface area contributed by atoms with E-state index in [9.17, 15) is 21.6 Å². The molecule has 3 N–H and O–H groups in total. The van der Waals surface area contributed by atoms with Crippen molar-refractivity contribution in [1.29, 1.82) is 0 Å². The first-order chi connectivity index (χ1) is 14.0. The third-order valence-corrected chi connectivity index (χ3v) is 7.07. The Labute approximate surface area is 176 Å². The van der Waals surface area contributed by atoms with E-state index < -0.39 is 32.5 Å². The Bertz CT molecular complexity index is 1110. The summed E-state index contributed by atoms with van der Waals surface area (Å²) in [6.07, 6.45) is 0. The molecule has 2 aromatic rings. The predicted octanol–water partition coefficient (Wildman–Crippen LogP) is 1.69. The SMILES string of the molecule is CCOc1ccc(S(=O)(=O)N(CC)CC(=O)Nc2ccc(S(N)(=O)=O)cc2)cc1C. The molecule has 0 radical (unpaired) electrons. The maximum atomic E-state index is 13.0. The van der Waals surface area contributed by atoms with Crippen LogP contribution in [-0.4, -0.2) is 46.7 Å². The second kappa shape index (κ2) is 9.56. The maximum absolute atomic E-state index is 13.0. The summed E-state index contributed by atoms with van der Waals surface area (Å²) in [6, 6.07) is 9.79. The summed E-state index contributed by atoms with van der Waals surface area (Å²) < 4.78 is 55.0. The molecular formula is C19H25N3O6S2. The summed E-state index contributed by atoms with van der Waals surface area (Å²) in [5, 5.41) is 7.58. The quantitative estimate of drug-likeness (QED) is 0.591. The number of nitrogens with zero attached hydrogens (tertiary/aromatic N) is 1. The number of likely N-dealkylation sites (N-methyl/N-ethyl adjacent to an activating group) is 1. The van der Waals surface area contributed by atoms with Crippen molar-refractivity contribution < 1.29 is 26.4 Å². The van der Waals surface area contributed by atoms with Crippen LogP contribution in [0, 0.1) is 6.92 Å². The average Bonchev–Trinajstić information content (AvgIpc) is 2.67. The van der Waals surface area contributed by atoms with Gasteiger partial charge >= 0.3 is 0 Å². The minimum Gasteiger partial charge on any atom is -0.494 e. The highest BCUT2D eigenvalue weighted by Crippen LogP contribution is 2.24. The fraction of sp³-hybridized carbons (Fsp3) is 0.316. The topological polar surface area (TPSA) is 136 Å². The average molecular weight is 456 g/mol. The third kappa shape index (κ3) is 5.79. The Balaban J connectivity index is 2.15. The highest BCUT2D eigenvalue weighted by atomic mass is 32.2. The second-order valence-corrected chi connectivity index (χ2v) is 9.91. The van der Waals surface area contributed by atoms with Crippen LogP contribution >= 0.6 is 0 Å². The number of benzene rings is 2. The number of anilines is 1. The van der Waals surface area contributed by atoms with Crippen molar-refractivity contribution in [2.45, 2.75) is 30.6 Å². The minimum atomic E-state index is -3.90. The van der Waals surface area contributed by atoms with Gasteiger partial charge in [0.05, 0.1) is 22.9 Å². The zero-order valence-electron chi connectivity index (χ0n) is 17.0. The smallest absolute Gasteiger partial charge is 0.243 e. The van der Waals surface area contributed by atoms with Crippen molar-refractivity contribution >= 4 is 31.6 Å². The number of carbonyl (C=O) groups excluding carboxylic acids is 1. The van der Waals surface area contributed by atoms with Crippen molar-refractivity contribution in [1.82, 2.24) is 4.31 Å². The molecule has 0 saturated carbocycles. The number of amides is 1. The summed E-state index contributed by atoms with van der Waals surface area (Å²) in [6.45, 7) is 5.37. The van der Waals surface area contributed by atoms with Gasteiger partial charge in [-0.05, 0) is 61.9 Å². The van der Waals surface area contributed by atoms with Crippen LogP contribution in [0.4, 0.5) is 5.69 Å². The molecule has 2 aromatic carbocycles. The van der Waals surface area contributed by atoms with Gasteiger partial charge in [-0.3, -0.25) is 4.79 Å². The molecule has 0 spiro atoms. The van der Waals surface area contributed by atoms with Crippen LogP contribution in [0.5, 0.6) is 5.75 Å². The van der Waals surface area contributed by atoms with E-state index in [4.69, 9.17) is 9.88 Å². The summed E-state index contributed by atoms with van der Waals surface area (Å²) in [4.78, 5) is 12.3. The molecule has 0 aliphatic carbocycles. The summed E-state index contributed by atoms with van der Waals surface area (Å²) in [7, 11) is -7.74. The molecule has 11 heteroatoms. The van der Waals surface area contributed by atoms with Gasteiger partial charge in [0.2, 0.25) is 26.0 Å². The molecule has 0 aromatic heterocycles. The second-order valence-electron chi connectivity index (χ2n) is 6.41. The van der Waals surface area contributed by atoms with Crippen LogP contribution in [0.1, 0.15) is 19.4 Å². The van der Waals surface area contributed by atoms with Gasteiger partial charge in [0, 0.05) is 12.2 Å². The molecule has 1 amide bonds. The fourth-order valence-electron chi connectivity index (χ4n) is 2.70. The standard InChI is InChI=1S/C19H25N3O6S2/c1-4-22(30(26,27)17-10-11-18(28-5-2)14(3)12-17)13-19(23)21-15-6-8-16(9-7-15)29(20,24)25/h6-12H,4-5,13H2,1-3H3,(H,21,23)(H2,20,24,25). The number of primary sulfonamides is 1. The van der Waals surface area contributed by atoms with Crippen molar-refractivity contribution in [3.05, 3.63) is 48.0 Å². The van der Waals surface area contributed by atoms with Gasteiger partial charge in [-0.1, -0.05) is 6.92 Å². The van der Waals surface area contributed by atoms with Crippen LogP contribution in [0.25, 0.3) is 0 Å². The predicted molar refractivity (Wildman–Crippen MR) is 113 cm³/mol. The van der Waals surface area contributed by atoms with E-state index in [1.165, 1.54) is 36.4 Å². The lowest BCUT2D eigenvalue weighted by Gasteiger charge is -2.21. The van der Waals surface area contributed by atoms with Crippen molar-refractivity contribution in [3.8, 4) is 5.75 Å². The third-order valence-electron chi connectivity index (χ3n) is 4.22. The van der Waals surface area contributed by atoms with Gasteiger partial charge in [-0.15, -0.1) is 0 Å². The summed E-state index contributed by atoms with van der Waals surface area (Å²) in [5.74, 6) is 0.0339. The molecule has 164 valence electrons. The Hall–Kier alpha value is -2.47. The van der Waals surface area contributed by atoms with Crippen LogP contribution in [0.3, 0.4) is 0 Å². The van der Waals surface area contributed by atoms with E-state index in [-0.39, 0.29) is 16.3 Å². The number of hydrogen-bond donors (Lipinski definition) is 2. The van der Waals surface area contributed by atoms with E-state index in [0.29, 0.717) is 23.6 Å². The highest BCUT2D eigenvalue weighted by Gasteiger charge is 2.26. The van der Waals surface area contributed by atoms with Gasteiger partial charge in [0.1, 0.15) is 5.75 Å². The lowest BCUT2D eigenvalue weighted by atomic mass is 10.2. The number of carbonyl (C=O) groups is 1. The first-order valence-electron chi connectivity index (χ1n) is 9.15. The number of nitrogens with one attached hydrogen (secondary N) is 1. The van der Waals surface area contributed by atoms with Gasteiger partial charge < -0.3 is 10.1 Å². The van der Waals surface area contributed by atoms with Crippen LogP contribution < -0.4 is 15.2 Å². The maximum Gasteiger partial charge on any atom is 0.243 e. The molecule has 0 bridgehead atoms. The number of hydrogen-bond acceptors (Lipinski definition) is 6. The largest absolute Gasteiger partial charge is 0.494 e. The highest BCUT2D eigenvalue weighted by molar-refractivity contribution is 7.89. The Morgan fingerprint density at radius 1 is 1.03 bits per heavy atom. The van der Waals surface area contributed by atoms with Gasteiger partial charge in [-0.25, -0.2) is 22.0 Å². The van der Waals surface area contributed by atoms with Crippen LogP contribution in [0.2, 0.25) is 0 Å². The minimum absolute atomic E-state index is 0.0654. The molecule has 2 rings (SSSR count). The number of sulfonamides is 2. The molecule has 0 aliphatic rings.